The molecular weight excluding hydrogens is 99.5 g/mol. The number of hydrogen-bond donors (Lipinski definition) is 1. The highest BCUT2D eigenvalue weighted by Crippen LogP contribution is 1.57. The van der Waals surface area contributed by atoms with Crippen molar-refractivity contribution in [3.05, 3.63) is 0 Å². The van der Waals surface area contributed by atoms with Gasteiger partial charge in [0.2, 0.25) is 0 Å². The highest BCUT2D eigenvalue weighted by Gasteiger charge is 1.72. The summed E-state index contributed by atoms with van der Waals surface area (Å²) in [5.74, 6) is 5.12. The molecule has 2 nitrogen and oxygen atoms in total. The van der Waals surface area contributed by atoms with Crippen LogP contribution in [-0.4, -0.2) is 18.6 Å². The first-order chi connectivity index (χ1) is 2.27. The van der Waals surface area contributed by atoms with Crippen LogP contribution in [0.4, 0.5) is 0 Å². The Kier molecular flexibility index (Phi) is 8.26. The van der Waals surface area contributed by atoms with Gasteiger partial charge in [-0.3, -0.25) is 10.9 Å². The van der Waals surface area contributed by atoms with E-state index in [0.29, 0.717) is 0 Å². The fourth-order valence-electron chi connectivity index (χ4n) is 0. The Bertz CT molecular complexity index is 22.8. The molecule has 0 aliphatic rings. The van der Waals surface area contributed by atoms with Crippen LogP contribution < -0.4 is 5.84 Å². The topological polar surface area (TPSA) is 29.3 Å². The summed E-state index contributed by atoms with van der Waals surface area (Å²) in [4.78, 5) is 0. The Balaban J connectivity index is 0. The fraction of sp³-hybridized carbons (Fsp3) is 1.00. The lowest BCUT2D eigenvalue weighted by Gasteiger charge is -2.00. The molecule has 0 aromatic carbocycles. The lowest BCUT2D eigenvalue weighted by atomic mass is 10.8. The molecule has 0 rings (SSSR count). The van der Waals surface area contributed by atoms with Crippen molar-refractivity contribution in [1.82, 2.24) is 5.01 Å². The molecule has 0 spiro atoms. The van der Waals surface area contributed by atoms with Crippen LogP contribution in [0.5, 0.6) is 0 Å². The Morgan fingerprint density at radius 2 is 1.83 bits per heavy atom. The van der Waals surface area contributed by atoms with E-state index in [0.717, 1.165) is 6.54 Å². The average Bonchev–Trinajstić information content (AvgIpc) is 1.38. The van der Waals surface area contributed by atoms with Gasteiger partial charge in [-0.2, -0.15) is 0 Å². The quantitative estimate of drug-likeness (QED) is 0.387. The van der Waals surface area contributed by atoms with E-state index in [9.17, 15) is 0 Å². The molecule has 2 N–H and O–H groups in total. The lowest BCUT2D eigenvalue weighted by molar-refractivity contribution is 0.370. The fourth-order valence-corrected chi connectivity index (χ4v) is 0. The van der Waals surface area contributed by atoms with Gasteiger partial charge in [-0.15, -0.1) is 12.4 Å². The van der Waals surface area contributed by atoms with Crippen molar-refractivity contribution in [3.63, 3.8) is 0 Å². The largest absolute Gasteiger partial charge is 0.269 e. The number of nitrogens with zero attached hydrogens (tertiary/aromatic N) is 1. The zero-order chi connectivity index (χ0) is 4.28. The standard InChI is InChI=1S/C3H10N2.ClH/c1-3-5(2)4;/h3-4H2,1-2H3;1H. The van der Waals surface area contributed by atoms with E-state index >= 15 is 0 Å². The minimum absolute atomic E-state index is 0. The Morgan fingerprint density at radius 1 is 1.67 bits per heavy atom. The van der Waals surface area contributed by atoms with Crippen molar-refractivity contribution < 1.29 is 0 Å². The minimum atomic E-state index is 0. The maximum atomic E-state index is 5.12. The number of hydrazine groups is 1. The third-order valence-electron chi connectivity index (χ3n) is 0.499. The van der Waals surface area contributed by atoms with Crippen molar-refractivity contribution >= 4 is 12.4 Å². The molecule has 0 fully saturated rings. The molecule has 0 heterocycles. The van der Waals surface area contributed by atoms with Crippen molar-refractivity contribution in [3.8, 4) is 0 Å². The molecule has 0 unspecified atom stereocenters. The van der Waals surface area contributed by atoms with Gasteiger partial charge in [0.05, 0.1) is 0 Å². The predicted octanol–water partition coefficient (Wildman–Crippen LogP) is 0.234. The first-order valence-electron chi connectivity index (χ1n) is 1.73. The van der Waals surface area contributed by atoms with E-state index < -0.39 is 0 Å². The molecule has 0 amide bonds. The zero-order valence-electron chi connectivity index (χ0n) is 4.14. The third-order valence-corrected chi connectivity index (χ3v) is 0.499. The van der Waals surface area contributed by atoms with E-state index in [-0.39, 0.29) is 12.4 Å². The van der Waals surface area contributed by atoms with Gasteiger partial charge in [0.25, 0.3) is 0 Å². The van der Waals surface area contributed by atoms with E-state index in [4.69, 9.17) is 5.84 Å². The van der Waals surface area contributed by atoms with Crippen molar-refractivity contribution in [2.45, 2.75) is 6.92 Å². The maximum absolute atomic E-state index is 5.12. The second-order valence-electron chi connectivity index (χ2n) is 1.07. The molecule has 0 saturated heterocycles. The lowest BCUT2D eigenvalue weighted by Crippen LogP contribution is -2.24. The van der Waals surface area contributed by atoms with E-state index in [1.165, 1.54) is 0 Å². The molecule has 0 saturated carbocycles. The van der Waals surface area contributed by atoms with E-state index in [1.807, 2.05) is 14.0 Å². The van der Waals surface area contributed by atoms with Gasteiger partial charge in [0, 0.05) is 13.6 Å². The average molecular weight is 111 g/mol. The Morgan fingerprint density at radius 3 is 1.83 bits per heavy atom. The van der Waals surface area contributed by atoms with Crippen LogP contribution >= 0.6 is 12.4 Å². The predicted molar refractivity (Wildman–Crippen MR) is 29.7 cm³/mol. The molecule has 0 aliphatic carbocycles. The number of halogens is 1. The first-order valence-corrected chi connectivity index (χ1v) is 1.73. The van der Waals surface area contributed by atoms with Gasteiger partial charge in [-0.05, 0) is 0 Å². The van der Waals surface area contributed by atoms with Crippen molar-refractivity contribution in [2.75, 3.05) is 13.6 Å². The van der Waals surface area contributed by atoms with Crippen LogP contribution in [-0.2, 0) is 0 Å². The van der Waals surface area contributed by atoms with Crippen LogP contribution in [0.2, 0.25) is 0 Å². The van der Waals surface area contributed by atoms with Gasteiger partial charge < -0.3 is 0 Å². The summed E-state index contributed by atoms with van der Waals surface area (Å²) >= 11 is 0. The number of rotatable bonds is 1. The second kappa shape index (κ2) is 5.21. The van der Waals surface area contributed by atoms with Gasteiger partial charge in [-0.1, -0.05) is 6.92 Å². The zero-order valence-corrected chi connectivity index (χ0v) is 4.96. The van der Waals surface area contributed by atoms with E-state index in [1.54, 1.807) is 5.01 Å². The van der Waals surface area contributed by atoms with Crippen LogP contribution in [0.15, 0.2) is 0 Å². The summed E-state index contributed by atoms with van der Waals surface area (Å²) in [5, 5.41) is 1.62. The first kappa shape index (κ1) is 9.51. The van der Waals surface area contributed by atoms with Crippen LogP contribution in [0.25, 0.3) is 0 Å². The summed E-state index contributed by atoms with van der Waals surface area (Å²) in [6.45, 7) is 2.92. The Hall–Kier alpha value is 0.210. The van der Waals surface area contributed by atoms with Gasteiger partial charge in [0.1, 0.15) is 0 Å². The molecular formula is C3H11ClN2. The van der Waals surface area contributed by atoms with E-state index in [2.05, 4.69) is 0 Å². The number of hydrogen-bond acceptors (Lipinski definition) is 2. The molecule has 6 heavy (non-hydrogen) atoms. The van der Waals surface area contributed by atoms with Crippen LogP contribution in [0, 0.1) is 0 Å². The normalized spacial score (nSPS) is 8.00. The third kappa shape index (κ3) is 8.88. The second-order valence-corrected chi connectivity index (χ2v) is 1.07. The minimum Gasteiger partial charge on any atom is -0.269 e. The summed E-state index contributed by atoms with van der Waals surface area (Å²) in [6, 6.07) is 0. The molecule has 3 heteroatoms. The maximum Gasteiger partial charge on any atom is 0.00966 e. The van der Waals surface area contributed by atoms with Gasteiger partial charge in [-0.25, -0.2) is 0 Å². The Labute approximate surface area is 44.7 Å². The number of nitrogens with two attached hydrogens (primary N) is 1. The molecule has 0 radical (unpaired) electrons. The summed E-state index contributed by atoms with van der Waals surface area (Å²) < 4.78 is 0. The SMILES string of the molecule is CCN(C)N.Cl. The summed E-state index contributed by atoms with van der Waals surface area (Å²) in [6.07, 6.45) is 0. The molecule has 0 aliphatic heterocycles. The molecule has 0 aromatic heterocycles. The van der Waals surface area contributed by atoms with Crippen molar-refractivity contribution in [1.29, 1.82) is 0 Å². The van der Waals surface area contributed by atoms with Crippen molar-refractivity contribution in [2.24, 2.45) is 5.84 Å². The van der Waals surface area contributed by atoms with Gasteiger partial charge >= 0.3 is 0 Å². The summed E-state index contributed by atoms with van der Waals surface area (Å²) in [7, 11) is 1.83. The molecule has 0 aromatic rings. The van der Waals surface area contributed by atoms with Crippen LogP contribution in [0.1, 0.15) is 6.92 Å². The molecule has 0 atom stereocenters. The molecule has 40 valence electrons. The highest BCUT2D eigenvalue weighted by atomic mass is 35.5. The highest BCUT2D eigenvalue weighted by molar-refractivity contribution is 5.85. The monoisotopic (exact) mass is 110 g/mol. The molecule has 0 bridgehead atoms. The summed E-state index contributed by atoms with van der Waals surface area (Å²) in [5.41, 5.74) is 0. The smallest absolute Gasteiger partial charge is 0.00966 e. The van der Waals surface area contributed by atoms with Crippen LogP contribution in [0.3, 0.4) is 0 Å². The van der Waals surface area contributed by atoms with Gasteiger partial charge in [0.15, 0.2) is 0 Å².